The van der Waals surface area contributed by atoms with Crippen LogP contribution < -0.4 is 0 Å². The smallest absolute Gasteiger partial charge is 0.359 e. The Labute approximate surface area is 145 Å². The van der Waals surface area contributed by atoms with Gasteiger partial charge in [0.05, 0.1) is 0 Å². The van der Waals surface area contributed by atoms with Crippen LogP contribution in [-0.2, 0) is 11.8 Å². The van der Waals surface area contributed by atoms with Crippen LogP contribution in [0, 0.1) is 6.92 Å². The maximum atomic E-state index is 12.6. The second-order valence-corrected chi connectivity index (χ2v) is 6.11. The lowest BCUT2D eigenvalue weighted by molar-refractivity contribution is 0.0307. The third kappa shape index (κ3) is 3.60. The van der Waals surface area contributed by atoms with Crippen molar-refractivity contribution in [3.05, 3.63) is 65.1 Å². The van der Waals surface area contributed by atoms with Gasteiger partial charge in [0.25, 0.3) is 5.89 Å². The van der Waals surface area contributed by atoms with Gasteiger partial charge >= 0.3 is 5.97 Å². The summed E-state index contributed by atoms with van der Waals surface area (Å²) in [5, 5.41) is 8.04. The van der Waals surface area contributed by atoms with Gasteiger partial charge in [-0.3, -0.25) is 4.68 Å². The number of carbonyl (C=O) groups excluding carboxylic acids is 1. The molecule has 3 rings (SSSR count). The van der Waals surface area contributed by atoms with Gasteiger partial charge in [-0.15, -0.1) is 0 Å². The minimum atomic E-state index is -0.778. The number of benzene rings is 1. The molecule has 0 fully saturated rings. The van der Waals surface area contributed by atoms with E-state index in [-0.39, 0.29) is 17.5 Å². The fraction of sp³-hybridized carbons (Fsp3) is 0.333. The van der Waals surface area contributed by atoms with Gasteiger partial charge in [0, 0.05) is 18.3 Å². The maximum Gasteiger partial charge on any atom is 0.359 e. The summed E-state index contributed by atoms with van der Waals surface area (Å²) in [5.41, 5.74) is 1.96. The first-order valence-corrected chi connectivity index (χ1v) is 8.05. The van der Waals surface area contributed by atoms with Crippen LogP contribution in [0.3, 0.4) is 0 Å². The Morgan fingerprint density at radius 1 is 1.24 bits per heavy atom. The topological polar surface area (TPSA) is 83.0 Å². The second-order valence-electron chi connectivity index (χ2n) is 6.11. The zero-order chi connectivity index (χ0) is 18.0. The van der Waals surface area contributed by atoms with Crippen molar-refractivity contribution in [2.24, 2.45) is 7.05 Å². The third-order valence-electron chi connectivity index (χ3n) is 3.81. The minimum Gasteiger partial charge on any atom is -0.442 e. The molecule has 0 spiro atoms. The summed E-state index contributed by atoms with van der Waals surface area (Å²) in [6.07, 6.45) is -0.778. The molecule has 0 aliphatic rings. The van der Waals surface area contributed by atoms with Crippen molar-refractivity contribution < 1.29 is 14.1 Å². The molecular weight excluding hydrogens is 320 g/mol. The van der Waals surface area contributed by atoms with Crippen molar-refractivity contribution >= 4 is 5.97 Å². The lowest BCUT2D eigenvalue weighted by Gasteiger charge is -2.13. The number of ether oxygens (including phenoxy) is 1. The predicted octanol–water partition coefficient (Wildman–Crippen LogP) is 3.18. The molecule has 25 heavy (non-hydrogen) atoms. The van der Waals surface area contributed by atoms with E-state index in [1.54, 1.807) is 17.7 Å². The van der Waals surface area contributed by atoms with Crippen LogP contribution in [0.4, 0.5) is 0 Å². The molecule has 130 valence electrons. The van der Waals surface area contributed by atoms with E-state index >= 15 is 0 Å². The Hall–Kier alpha value is -2.96. The molecule has 0 radical (unpaired) electrons. The first kappa shape index (κ1) is 16.9. The van der Waals surface area contributed by atoms with Crippen LogP contribution in [0.2, 0.25) is 0 Å². The van der Waals surface area contributed by atoms with Crippen molar-refractivity contribution in [3.8, 4) is 0 Å². The fourth-order valence-corrected chi connectivity index (χ4v) is 2.60. The average Bonchev–Trinajstić information content (AvgIpc) is 3.19. The summed E-state index contributed by atoms with van der Waals surface area (Å²) in [5.74, 6) is 0.429. The molecule has 0 N–H and O–H groups in total. The largest absolute Gasteiger partial charge is 0.442 e. The van der Waals surface area contributed by atoms with Gasteiger partial charge in [-0.05, 0) is 18.9 Å². The maximum absolute atomic E-state index is 12.6. The normalized spacial score (nSPS) is 12.4. The van der Waals surface area contributed by atoms with Crippen molar-refractivity contribution in [1.82, 2.24) is 19.9 Å². The molecule has 0 saturated heterocycles. The van der Waals surface area contributed by atoms with Crippen LogP contribution in [0.5, 0.6) is 0 Å². The standard InChI is InChI=1S/C18H20N4O3/c1-11(2)15-10-14(20-22(15)4)18(23)24-16(13-8-6-5-7-9-13)17-19-12(3)21-25-17/h5-11,16H,1-4H3/t16-/m1/s1. The molecule has 2 heterocycles. The van der Waals surface area contributed by atoms with Crippen LogP contribution in [0.1, 0.15) is 59.3 Å². The number of hydrogen-bond acceptors (Lipinski definition) is 6. The summed E-state index contributed by atoms with van der Waals surface area (Å²) in [6.45, 7) is 5.80. The predicted molar refractivity (Wildman–Crippen MR) is 90.0 cm³/mol. The zero-order valence-electron chi connectivity index (χ0n) is 14.6. The zero-order valence-corrected chi connectivity index (χ0v) is 14.6. The van der Waals surface area contributed by atoms with Crippen LogP contribution >= 0.6 is 0 Å². The molecule has 2 aromatic heterocycles. The van der Waals surface area contributed by atoms with Gasteiger partial charge in [0.1, 0.15) is 0 Å². The summed E-state index contributed by atoms with van der Waals surface area (Å²) in [4.78, 5) is 16.8. The number of hydrogen-bond donors (Lipinski definition) is 0. The first-order chi connectivity index (χ1) is 12.0. The van der Waals surface area contributed by atoms with Crippen LogP contribution in [0.15, 0.2) is 40.9 Å². The van der Waals surface area contributed by atoms with Crippen molar-refractivity contribution in [2.45, 2.75) is 32.8 Å². The Balaban J connectivity index is 1.90. The van der Waals surface area contributed by atoms with E-state index < -0.39 is 12.1 Å². The van der Waals surface area contributed by atoms with Crippen LogP contribution in [0.25, 0.3) is 0 Å². The Morgan fingerprint density at radius 2 is 1.96 bits per heavy atom. The molecule has 7 heteroatoms. The number of esters is 1. The van der Waals surface area contributed by atoms with E-state index in [1.165, 1.54) is 0 Å². The Bertz CT molecular complexity index is 868. The summed E-state index contributed by atoms with van der Waals surface area (Å²) in [7, 11) is 1.81. The number of carbonyl (C=O) groups is 1. The molecule has 1 atom stereocenters. The van der Waals surface area contributed by atoms with E-state index in [9.17, 15) is 4.79 Å². The van der Waals surface area contributed by atoms with Gasteiger partial charge in [0.2, 0.25) is 6.10 Å². The quantitative estimate of drug-likeness (QED) is 0.663. The highest BCUT2D eigenvalue weighted by Crippen LogP contribution is 2.26. The van der Waals surface area contributed by atoms with Gasteiger partial charge in [0.15, 0.2) is 11.5 Å². The van der Waals surface area contributed by atoms with Gasteiger partial charge < -0.3 is 9.26 Å². The lowest BCUT2D eigenvalue weighted by atomic mass is 10.1. The summed E-state index contributed by atoms with van der Waals surface area (Å²) >= 11 is 0. The van der Waals surface area contributed by atoms with E-state index in [2.05, 4.69) is 15.2 Å². The molecule has 0 saturated carbocycles. The van der Waals surface area contributed by atoms with Gasteiger partial charge in [-0.1, -0.05) is 49.3 Å². The molecule has 0 amide bonds. The Morgan fingerprint density at radius 3 is 2.52 bits per heavy atom. The van der Waals surface area contributed by atoms with Crippen LogP contribution in [-0.4, -0.2) is 25.9 Å². The molecule has 0 bridgehead atoms. The molecule has 0 aliphatic heterocycles. The number of aryl methyl sites for hydroxylation is 2. The SMILES string of the molecule is Cc1noc([C@H](OC(=O)c2cc(C(C)C)n(C)n2)c2ccccc2)n1. The number of aromatic nitrogens is 4. The second kappa shape index (κ2) is 6.88. The highest BCUT2D eigenvalue weighted by Gasteiger charge is 2.27. The fourth-order valence-electron chi connectivity index (χ4n) is 2.60. The molecule has 0 unspecified atom stereocenters. The monoisotopic (exact) mass is 340 g/mol. The van der Waals surface area contributed by atoms with E-state index in [0.29, 0.717) is 5.82 Å². The van der Waals surface area contributed by atoms with E-state index in [0.717, 1.165) is 11.3 Å². The van der Waals surface area contributed by atoms with Crippen molar-refractivity contribution in [1.29, 1.82) is 0 Å². The van der Waals surface area contributed by atoms with Gasteiger partial charge in [-0.25, -0.2) is 4.79 Å². The van der Waals surface area contributed by atoms with Crippen molar-refractivity contribution in [2.75, 3.05) is 0 Å². The molecule has 3 aromatic rings. The third-order valence-corrected chi connectivity index (χ3v) is 3.81. The van der Waals surface area contributed by atoms with Crippen molar-refractivity contribution in [3.63, 3.8) is 0 Å². The van der Waals surface area contributed by atoms with Gasteiger partial charge in [-0.2, -0.15) is 10.1 Å². The highest BCUT2D eigenvalue weighted by molar-refractivity contribution is 5.87. The van der Waals surface area contributed by atoms with E-state index in [4.69, 9.17) is 9.26 Å². The van der Waals surface area contributed by atoms with E-state index in [1.807, 2.05) is 51.2 Å². The molecule has 7 nitrogen and oxygen atoms in total. The average molecular weight is 340 g/mol. The molecular formula is C18H20N4O3. The first-order valence-electron chi connectivity index (χ1n) is 8.05. The summed E-state index contributed by atoms with van der Waals surface area (Å²) < 4.78 is 12.6. The Kier molecular flexibility index (Phi) is 4.65. The minimum absolute atomic E-state index is 0.233. The number of rotatable bonds is 5. The lowest BCUT2D eigenvalue weighted by Crippen LogP contribution is -2.14. The molecule has 0 aliphatic carbocycles. The number of nitrogens with zero attached hydrogens (tertiary/aromatic N) is 4. The highest BCUT2D eigenvalue weighted by atomic mass is 16.6. The summed E-state index contributed by atoms with van der Waals surface area (Å²) in [6, 6.07) is 11.0. The molecule has 1 aromatic carbocycles.